The van der Waals surface area contributed by atoms with Crippen LogP contribution in [0.4, 0.5) is 0 Å². The molecule has 2 unspecified atom stereocenters. The van der Waals surface area contributed by atoms with Crippen molar-refractivity contribution in [2.75, 3.05) is 6.54 Å². The van der Waals surface area contributed by atoms with Gasteiger partial charge in [-0.1, -0.05) is 25.0 Å². The topological polar surface area (TPSA) is 37.4 Å². The van der Waals surface area contributed by atoms with E-state index in [0.29, 0.717) is 23.2 Å². The van der Waals surface area contributed by atoms with Crippen molar-refractivity contribution in [3.8, 4) is 0 Å². The van der Waals surface area contributed by atoms with Gasteiger partial charge in [0, 0.05) is 18.5 Å². The Hall–Kier alpha value is -0.580. The summed E-state index contributed by atoms with van der Waals surface area (Å²) < 4.78 is 27.8. The first-order chi connectivity index (χ1) is 10.1. The number of alkyl halides is 1. The number of piperidine rings is 1. The second kappa shape index (κ2) is 6.27. The van der Waals surface area contributed by atoms with Crippen LogP contribution in [0.3, 0.4) is 0 Å². The van der Waals surface area contributed by atoms with Gasteiger partial charge in [0.2, 0.25) is 10.0 Å². The molecular weight excluding hydrogens is 306 g/mol. The smallest absolute Gasteiger partial charge is 0.207 e. The minimum Gasteiger partial charge on any atom is -0.207 e. The maximum atomic E-state index is 13.0. The van der Waals surface area contributed by atoms with Crippen LogP contribution in [0.5, 0.6) is 0 Å². The molecule has 1 heterocycles. The van der Waals surface area contributed by atoms with Crippen LogP contribution in [0.2, 0.25) is 0 Å². The van der Waals surface area contributed by atoms with Crippen molar-refractivity contribution >= 4 is 21.6 Å². The number of sulfonamides is 1. The highest BCUT2D eigenvalue weighted by Gasteiger charge is 2.39. The van der Waals surface area contributed by atoms with Gasteiger partial charge in [-0.25, -0.2) is 8.42 Å². The maximum Gasteiger partial charge on any atom is 0.243 e. The fourth-order valence-electron chi connectivity index (χ4n) is 3.80. The number of fused-ring (bicyclic) bond motifs is 1. The van der Waals surface area contributed by atoms with Gasteiger partial charge < -0.3 is 0 Å². The molecule has 1 aromatic carbocycles. The summed E-state index contributed by atoms with van der Waals surface area (Å²) in [5, 5.41) is 0. The SMILES string of the molecule is O=S(=O)(c1cccc(CCl)c1)N1CCCC2CCCCC21. The Labute approximate surface area is 132 Å². The highest BCUT2D eigenvalue weighted by atomic mass is 35.5. The average Bonchev–Trinajstić information content (AvgIpc) is 2.54. The van der Waals surface area contributed by atoms with Gasteiger partial charge >= 0.3 is 0 Å². The summed E-state index contributed by atoms with van der Waals surface area (Å²) in [6.07, 6.45) is 6.75. The van der Waals surface area contributed by atoms with Crippen molar-refractivity contribution in [1.29, 1.82) is 0 Å². The highest BCUT2D eigenvalue weighted by Crippen LogP contribution is 2.38. The summed E-state index contributed by atoms with van der Waals surface area (Å²) in [4.78, 5) is 0.395. The Kier molecular flexibility index (Phi) is 4.57. The van der Waals surface area contributed by atoms with E-state index in [2.05, 4.69) is 0 Å². The third-order valence-corrected chi connectivity index (χ3v) is 7.08. The van der Waals surface area contributed by atoms with Crippen LogP contribution in [-0.4, -0.2) is 25.3 Å². The zero-order valence-corrected chi connectivity index (χ0v) is 13.7. The largest absolute Gasteiger partial charge is 0.243 e. The Morgan fingerprint density at radius 1 is 1.14 bits per heavy atom. The van der Waals surface area contributed by atoms with Crippen LogP contribution in [0.15, 0.2) is 29.2 Å². The van der Waals surface area contributed by atoms with Crippen molar-refractivity contribution in [3.05, 3.63) is 29.8 Å². The van der Waals surface area contributed by atoms with E-state index in [-0.39, 0.29) is 6.04 Å². The predicted molar refractivity (Wildman–Crippen MR) is 84.9 cm³/mol. The lowest BCUT2D eigenvalue weighted by Gasteiger charge is -2.43. The molecule has 5 heteroatoms. The van der Waals surface area contributed by atoms with E-state index < -0.39 is 10.0 Å². The van der Waals surface area contributed by atoms with Crippen LogP contribution in [0, 0.1) is 5.92 Å². The van der Waals surface area contributed by atoms with Crippen molar-refractivity contribution in [2.24, 2.45) is 5.92 Å². The molecule has 0 spiro atoms. The Balaban J connectivity index is 1.92. The van der Waals surface area contributed by atoms with Gasteiger partial charge in [0.15, 0.2) is 0 Å². The molecule has 0 amide bonds. The molecule has 2 atom stereocenters. The predicted octanol–water partition coefficient (Wildman–Crippen LogP) is 3.77. The normalized spacial score (nSPS) is 27.3. The highest BCUT2D eigenvalue weighted by molar-refractivity contribution is 7.89. The van der Waals surface area contributed by atoms with Gasteiger partial charge in [0.1, 0.15) is 0 Å². The first kappa shape index (κ1) is 15.3. The Morgan fingerprint density at radius 3 is 2.71 bits per heavy atom. The van der Waals surface area contributed by atoms with Crippen molar-refractivity contribution in [2.45, 2.75) is 55.3 Å². The molecule has 2 fully saturated rings. The summed E-state index contributed by atoms with van der Waals surface area (Å²) in [5.74, 6) is 0.897. The van der Waals surface area contributed by atoms with Crippen molar-refractivity contribution in [1.82, 2.24) is 4.31 Å². The van der Waals surface area contributed by atoms with Gasteiger partial charge in [-0.2, -0.15) is 4.31 Å². The molecule has 2 aliphatic rings. The van der Waals surface area contributed by atoms with Crippen LogP contribution in [0.25, 0.3) is 0 Å². The first-order valence-electron chi connectivity index (χ1n) is 7.79. The third kappa shape index (κ3) is 2.99. The van der Waals surface area contributed by atoms with E-state index in [9.17, 15) is 8.42 Å². The van der Waals surface area contributed by atoms with Crippen LogP contribution < -0.4 is 0 Å². The van der Waals surface area contributed by atoms with Gasteiger partial charge in [-0.3, -0.25) is 0 Å². The Morgan fingerprint density at radius 2 is 1.90 bits per heavy atom. The molecule has 1 saturated carbocycles. The molecule has 1 aromatic rings. The molecule has 0 aromatic heterocycles. The van der Waals surface area contributed by atoms with Gasteiger partial charge in [0.05, 0.1) is 4.90 Å². The van der Waals surface area contributed by atoms with Gasteiger partial charge in [-0.05, 0) is 49.3 Å². The molecule has 21 heavy (non-hydrogen) atoms. The Bertz CT molecular complexity index is 600. The van der Waals surface area contributed by atoms with Crippen LogP contribution in [0.1, 0.15) is 44.1 Å². The second-order valence-electron chi connectivity index (χ2n) is 6.15. The molecule has 3 nitrogen and oxygen atoms in total. The van der Waals surface area contributed by atoms with E-state index in [4.69, 9.17) is 11.6 Å². The fraction of sp³-hybridized carbons (Fsp3) is 0.625. The summed E-state index contributed by atoms with van der Waals surface area (Å²) >= 11 is 5.84. The molecule has 0 N–H and O–H groups in total. The number of nitrogens with zero attached hydrogens (tertiary/aromatic N) is 1. The lowest BCUT2D eigenvalue weighted by Crippen LogP contribution is -2.49. The molecule has 1 aliphatic carbocycles. The lowest BCUT2D eigenvalue weighted by molar-refractivity contribution is 0.129. The van der Waals surface area contributed by atoms with Crippen LogP contribution in [-0.2, 0) is 15.9 Å². The minimum atomic E-state index is -3.39. The number of hydrogen-bond acceptors (Lipinski definition) is 2. The molecule has 0 bridgehead atoms. The van der Waals surface area contributed by atoms with E-state index >= 15 is 0 Å². The molecule has 3 rings (SSSR count). The molecular formula is C16H22ClNO2S. The monoisotopic (exact) mass is 327 g/mol. The zero-order chi connectivity index (χ0) is 14.9. The zero-order valence-electron chi connectivity index (χ0n) is 12.2. The summed E-state index contributed by atoms with van der Waals surface area (Å²) in [5.41, 5.74) is 0.856. The number of rotatable bonds is 3. The minimum absolute atomic E-state index is 0.206. The molecule has 0 radical (unpaired) electrons. The van der Waals surface area contributed by atoms with Crippen molar-refractivity contribution in [3.63, 3.8) is 0 Å². The number of hydrogen-bond donors (Lipinski definition) is 0. The van der Waals surface area contributed by atoms with Crippen LogP contribution >= 0.6 is 11.6 Å². The summed E-state index contributed by atoms with van der Waals surface area (Å²) in [6.45, 7) is 0.661. The van der Waals surface area contributed by atoms with E-state index in [0.717, 1.165) is 24.8 Å². The quantitative estimate of drug-likeness (QED) is 0.792. The van der Waals surface area contributed by atoms with Gasteiger partial charge in [0.25, 0.3) is 0 Å². The van der Waals surface area contributed by atoms with Crippen molar-refractivity contribution < 1.29 is 8.42 Å². The molecule has 1 saturated heterocycles. The first-order valence-corrected chi connectivity index (χ1v) is 9.77. The number of halogens is 1. The van der Waals surface area contributed by atoms with Gasteiger partial charge in [-0.15, -0.1) is 11.6 Å². The van der Waals surface area contributed by atoms with E-state index in [1.807, 2.05) is 6.07 Å². The molecule has 116 valence electrons. The lowest BCUT2D eigenvalue weighted by atomic mass is 9.79. The van der Waals surface area contributed by atoms with E-state index in [1.54, 1.807) is 22.5 Å². The summed E-state index contributed by atoms with van der Waals surface area (Å²) in [7, 11) is -3.39. The molecule has 1 aliphatic heterocycles. The maximum absolute atomic E-state index is 13.0. The standard InChI is InChI=1S/C16H22ClNO2S/c17-12-13-5-3-8-15(11-13)21(19,20)18-10-4-7-14-6-1-2-9-16(14)18/h3,5,8,11,14,16H,1-2,4,6-7,9-10,12H2. The number of benzene rings is 1. The summed E-state index contributed by atoms with van der Waals surface area (Å²) in [6, 6.07) is 7.27. The average molecular weight is 328 g/mol. The van der Waals surface area contributed by atoms with E-state index in [1.165, 1.54) is 19.3 Å². The second-order valence-corrected chi connectivity index (χ2v) is 8.31. The third-order valence-electron chi connectivity index (χ3n) is 4.85. The fourth-order valence-corrected chi connectivity index (χ4v) is 5.79.